The summed E-state index contributed by atoms with van der Waals surface area (Å²) >= 11 is 0. The van der Waals surface area contributed by atoms with Gasteiger partial charge in [0.2, 0.25) is 5.91 Å². The molecule has 0 aliphatic carbocycles. The molecule has 2 heterocycles. The van der Waals surface area contributed by atoms with Crippen LogP contribution in [-0.2, 0) is 23.8 Å². The van der Waals surface area contributed by atoms with Crippen LogP contribution in [0.1, 0.15) is 26.5 Å². The molecular formula is C17H20N6O2. The molecule has 0 fully saturated rings. The van der Waals surface area contributed by atoms with Crippen LogP contribution >= 0.6 is 0 Å². The van der Waals surface area contributed by atoms with Crippen molar-refractivity contribution in [3.05, 3.63) is 46.4 Å². The van der Waals surface area contributed by atoms with E-state index in [2.05, 4.69) is 20.7 Å². The van der Waals surface area contributed by atoms with Crippen LogP contribution in [0.4, 0.5) is 5.82 Å². The Kier molecular flexibility index (Phi) is 4.12. The third kappa shape index (κ3) is 3.42. The van der Waals surface area contributed by atoms with Gasteiger partial charge in [-0.05, 0) is 12.1 Å². The highest BCUT2D eigenvalue weighted by Gasteiger charge is 2.20. The van der Waals surface area contributed by atoms with Crippen molar-refractivity contribution in [3.63, 3.8) is 0 Å². The number of carbonyl (C=O) groups excluding carboxylic acids is 1. The molecule has 2 aromatic heterocycles. The van der Waals surface area contributed by atoms with Crippen molar-refractivity contribution in [3.8, 4) is 0 Å². The molecule has 0 bridgehead atoms. The number of hydrogen-bond acceptors (Lipinski definition) is 5. The molecule has 0 saturated carbocycles. The van der Waals surface area contributed by atoms with E-state index in [1.54, 1.807) is 36.0 Å². The Balaban J connectivity index is 1.81. The summed E-state index contributed by atoms with van der Waals surface area (Å²) in [6, 6.07) is 8.73. The van der Waals surface area contributed by atoms with Crippen LogP contribution in [0.25, 0.3) is 10.9 Å². The van der Waals surface area contributed by atoms with E-state index in [-0.39, 0.29) is 23.4 Å². The summed E-state index contributed by atoms with van der Waals surface area (Å²) in [6.45, 7) is 5.92. The molecule has 8 heteroatoms. The lowest BCUT2D eigenvalue weighted by Gasteiger charge is -2.13. The lowest BCUT2D eigenvalue weighted by atomic mass is 9.92. The first-order valence-electron chi connectivity index (χ1n) is 7.92. The van der Waals surface area contributed by atoms with Gasteiger partial charge in [-0.2, -0.15) is 5.10 Å². The number of nitrogens with one attached hydrogen (secondary N) is 1. The average molecular weight is 340 g/mol. The minimum Gasteiger partial charge on any atom is -0.309 e. The summed E-state index contributed by atoms with van der Waals surface area (Å²) < 4.78 is 2.66. The molecule has 25 heavy (non-hydrogen) atoms. The smallest absolute Gasteiger partial charge is 0.278 e. The van der Waals surface area contributed by atoms with E-state index < -0.39 is 0 Å². The van der Waals surface area contributed by atoms with Crippen LogP contribution in [0, 0.1) is 0 Å². The van der Waals surface area contributed by atoms with E-state index in [9.17, 15) is 9.59 Å². The fourth-order valence-electron chi connectivity index (χ4n) is 2.40. The maximum absolute atomic E-state index is 12.4. The van der Waals surface area contributed by atoms with Gasteiger partial charge >= 0.3 is 0 Å². The molecule has 1 aromatic carbocycles. The van der Waals surface area contributed by atoms with Gasteiger partial charge in [-0.3, -0.25) is 14.3 Å². The summed E-state index contributed by atoms with van der Waals surface area (Å²) in [5, 5.41) is 15.4. The first-order valence-corrected chi connectivity index (χ1v) is 7.92. The van der Waals surface area contributed by atoms with Crippen molar-refractivity contribution in [2.24, 2.45) is 7.05 Å². The number of amides is 1. The lowest BCUT2D eigenvalue weighted by molar-refractivity contribution is -0.117. The van der Waals surface area contributed by atoms with E-state index in [1.807, 2.05) is 26.8 Å². The highest BCUT2D eigenvalue weighted by atomic mass is 16.2. The lowest BCUT2D eigenvalue weighted by Crippen LogP contribution is -2.30. The quantitative estimate of drug-likeness (QED) is 0.779. The second-order valence-electron chi connectivity index (χ2n) is 6.91. The second-order valence-corrected chi connectivity index (χ2v) is 6.91. The Morgan fingerprint density at radius 3 is 2.64 bits per heavy atom. The van der Waals surface area contributed by atoms with Gasteiger partial charge in [-0.25, -0.2) is 4.68 Å². The van der Waals surface area contributed by atoms with E-state index in [0.717, 1.165) is 10.4 Å². The van der Waals surface area contributed by atoms with Crippen LogP contribution in [0.15, 0.2) is 35.1 Å². The number of nitrogens with zero attached hydrogens (tertiary/aromatic N) is 5. The fraction of sp³-hybridized carbons (Fsp3) is 0.353. The summed E-state index contributed by atoms with van der Waals surface area (Å²) in [4.78, 5) is 24.7. The normalized spacial score (nSPS) is 11.7. The first-order chi connectivity index (χ1) is 11.8. The third-order valence-electron chi connectivity index (χ3n) is 3.84. The molecule has 0 radical (unpaired) electrons. The predicted octanol–water partition coefficient (Wildman–Crippen LogP) is 1.46. The Bertz CT molecular complexity index is 996. The number of hydrogen-bond donors (Lipinski definition) is 1. The van der Waals surface area contributed by atoms with Crippen LogP contribution in [0.3, 0.4) is 0 Å². The van der Waals surface area contributed by atoms with Crippen molar-refractivity contribution in [2.45, 2.75) is 32.7 Å². The molecule has 0 saturated heterocycles. The molecule has 0 atom stereocenters. The van der Waals surface area contributed by atoms with E-state index in [0.29, 0.717) is 16.7 Å². The monoisotopic (exact) mass is 340 g/mol. The van der Waals surface area contributed by atoms with Gasteiger partial charge in [-0.1, -0.05) is 38.1 Å². The molecule has 1 N–H and O–H groups in total. The number of fused-ring (bicyclic) bond motifs is 1. The predicted molar refractivity (Wildman–Crippen MR) is 94.3 cm³/mol. The van der Waals surface area contributed by atoms with Gasteiger partial charge in [0.25, 0.3) is 5.56 Å². The number of benzene rings is 1. The minimum atomic E-state index is -0.366. The van der Waals surface area contributed by atoms with Crippen molar-refractivity contribution in [1.29, 1.82) is 0 Å². The van der Waals surface area contributed by atoms with Gasteiger partial charge in [0.05, 0.1) is 11.1 Å². The molecular weight excluding hydrogens is 320 g/mol. The number of carbonyl (C=O) groups is 1. The molecule has 0 unspecified atom stereocenters. The van der Waals surface area contributed by atoms with Gasteiger partial charge in [0.1, 0.15) is 17.9 Å². The molecule has 0 aliphatic rings. The molecule has 0 aliphatic heterocycles. The summed E-state index contributed by atoms with van der Waals surface area (Å²) in [5.74, 6) is 0.201. The Labute approximate surface area is 144 Å². The largest absolute Gasteiger partial charge is 0.309 e. The number of anilines is 1. The number of aromatic nitrogens is 5. The van der Waals surface area contributed by atoms with E-state index in [4.69, 9.17) is 0 Å². The van der Waals surface area contributed by atoms with Crippen molar-refractivity contribution >= 4 is 22.6 Å². The zero-order valence-electron chi connectivity index (χ0n) is 14.6. The molecule has 3 aromatic rings. The topological polar surface area (TPSA) is 94.7 Å². The molecule has 3 rings (SSSR count). The van der Waals surface area contributed by atoms with Crippen LogP contribution in [0.2, 0.25) is 0 Å². The summed E-state index contributed by atoms with van der Waals surface area (Å²) in [7, 11) is 1.76. The SMILES string of the molecule is Cn1nc(C(C)(C)C)cc1NC(=O)Cn1nnc2ccccc2c1=O. The number of aryl methyl sites for hydroxylation is 1. The van der Waals surface area contributed by atoms with Gasteiger partial charge in [0, 0.05) is 18.5 Å². The van der Waals surface area contributed by atoms with E-state index in [1.165, 1.54) is 0 Å². The van der Waals surface area contributed by atoms with Crippen LogP contribution in [-0.4, -0.2) is 30.7 Å². The van der Waals surface area contributed by atoms with Crippen LogP contribution < -0.4 is 10.9 Å². The highest BCUT2D eigenvalue weighted by Crippen LogP contribution is 2.23. The van der Waals surface area contributed by atoms with E-state index >= 15 is 0 Å². The molecule has 130 valence electrons. The zero-order valence-corrected chi connectivity index (χ0v) is 14.6. The first kappa shape index (κ1) is 16.8. The Hall–Kier alpha value is -3.03. The van der Waals surface area contributed by atoms with Crippen molar-refractivity contribution < 1.29 is 4.79 Å². The fourth-order valence-corrected chi connectivity index (χ4v) is 2.40. The summed E-state index contributed by atoms with van der Waals surface area (Å²) in [5.41, 5.74) is 0.904. The Morgan fingerprint density at radius 2 is 1.96 bits per heavy atom. The molecule has 1 amide bonds. The second kappa shape index (κ2) is 6.12. The van der Waals surface area contributed by atoms with Crippen molar-refractivity contribution in [1.82, 2.24) is 24.8 Å². The van der Waals surface area contributed by atoms with Crippen molar-refractivity contribution in [2.75, 3.05) is 5.32 Å². The van der Waals surface area contributed by atoms with Gasteiger partial charge in [0.15, 0.2) is 0 Å². The Morgan fingerprint density at radius 1 is 1.24 bits per heavy atom. The number of rotatable bonds is 3. The highest BCUT2D eigenvalue weighted by molar-refractivity contribution is 5.89. The molecule has 0 spiro atoms. The van der Waals surface area contributed by atoms with Gasteiger partial charge < -0.3 is 5.32 Å². The van der Waals surface area contributed by atoms with Crippen LogP contribution in [0.5, 0.6) is 0 Å². The minimum absolute atomic E-state index is 0.124. The zero-order chi connectivity index (χ0) is 18.2. The summed E-state index contributed by atoms with van der Waals surface area (Å²) in [6.07, 6.45) is 0. The van der Waals surface area contributed by atoms with Gasteiger partial charge in [-0.15, -0.1) is 5.10 Å². The third-order valence-corrected chi connectivity index (χ3v) is 3.84. The standard InChI is InChI=1S/C17H20N6O2/c1-17(2,3)13-9-14(22(4)20-13)18-15(24)10-23-16(25)11-7-5-6-8-12(11)19-21-23/h5-9H,10H2,1-4H3,(H,18,24). The maximum atomic E-state index is 12.4. The average Bonchev–Trinajstić information content (AvgIpc) is 2.91. The molecule has 8 nitrogen and oxygen atoms in total. The maximum Gasteiger partial charge on any atom is 0.278 e.